The molecule has 4 nitrogen and oxygen atoms in total. The van der Waals surface area contributed by atoms with Crippen molar-refractivity contribution >= 4 is 18.0 Å². The quantitative estimate of drug-likeness (QED) is 0.776. The number of carboxylic acid groups (broad SMARTS) is 1. The SMILES string of the molecule is C/C=C(\NC(=O)/C=C/c1ccccc1)C(=O)O. The number of carboxylic acids is 1. The molecule has 4 heteroatoms. The van der Waals surface area contributed by atoms with Crippen molar-refractivity contribution < 1.29 is 14.7 Å². The first-order chi connectivity index (χ1) is 8.13. The van der Waals surface area contributed by atoms with Crippen LogP contribution in [0, 0.1) is 0 Å². The Labute approximate surface area is 99.3 Å². The lowest BCUT2D eigenvalue weighted by Gasteiger charge is -2.01. The molecule has 0 saturated carbocycles. The van der Waals surface area contributed by atoms with Crippen LogP contribution >= 0.6 is 0 Å². The zero-order valence-corrected chi connectivity index (χ0v) is 9.38. The van der Waals surface area contributed by atoms with Gasteiger partial charge in [-0.1, -0.05) is 36.4 Å². The predicted molar refractivity (Wildman–Crippen MR) is 65.0 cm³/mol. The highest BCUT2D eigenvalue weighted by Gasteiger charge is 2.07. The minimum absolute atomic E-state index is 0.132. The molecule has 0 aromatic heterocycles. The first-order valence-corrected chi connectivity index (χ1v) is 5.07. The van der Waals surface area contributed by atoms with Crippen LogP contribution in [0.1, 0.15) is 12.5 Å². The minimum atomic E-state index is -1.16. The monoisotopic (exact) mass is 231 g/mol. The van der Waals surface area contributed by atoms with Gasteiger partial charge < -0.3 is 10.4 Å². The molecule has 0 aliphatic heterocycles. The number of hydrogen-bond acceptors (Lipinski definition) is 2. The summed E-state index contributed by atoms with van der Waals surface area (Å²) < 4.78 is 0. The third-order valence-electron chi connectivity index (χ3n) is 2.00. The maximum Gasteiger partial charge on any atom is 0.352 e. The molecule has 1 rings (SSSR count). The Bertz CT molecular complexity index is 461. The fourth-order valence-electron chi connectivity index (χ4n) is 1.16. The van der Waals surface area contributed by atoms with Crippen molar-refractivity contribution in [2.45, 2.75) is 6.92 Å². The van der Waals surface area contributed by atoms with Crippen LogP contribution in [0.3, 0.4) is 0 Å². The lowest BCUT2D eigenvalue weighted by Crippen LogP contribution is -2.25. The summed E-state index contributed by atoms with van der Waals surface area (Å²) in [6.45, 7) is 1.55. The molecular weight excluding hydrogens is 218 g/mol. The fraction of sp³-hybridized carbons (Fsp3) is 0.0769. The predicted octanol–water partition coefficient (Wildman–Crippen LogP) is 1.80. The van der Waals surface area contributed by atoms with E-state index in [1.54, 1.807) is 13.0 Å². The maximum atomic E-state index is 11.4. The van der Waals surface area contributed by atoms with Crippen molar-refractivity contribution in [3.63, 3.8) is 0 Å². The third-order valence-corrected chi connectivity index (χ3v) is 2.00. The Morgan fingerprint density at radius 1 is 1.24 bits per heavy atom. The lowest BCUT2D eigenvalue weighted by molar-refractivity contribution is -0.134. The van der Waals surface area contributed by atoms with Crippen molar-refractivity contribution in [2.24, 2.45) is 0 Å². The molecule has 1 aromatic rings. The number of hydrogen-bond donors (Lipinski definition) is 2. The van der Waals surface area contributed by atoms with Gasteiger partial charge in [-0.25, -0.2) is 4.79 Å². The van der Waals surface area contributed by atoms with Crippen molar-refractivity contribution in [3.05, 3.63) is 53.7 Å². The molecule has 2 N–H and O–H groups in total. The van der Waals surface area contributed by atoms with Crippen LogP contribution in [-0.2, 0) is 9.59 Å². The van der Waals surface area contributed by atoms with Crippen LogP contribution in [0.5, 0.6) is 0 Å². The molecule has 0 bridgehead atoms. The summed E-state index contributed by atoms with van der Waals surface area (Å²) in [6.07, 6.45) is 4.24. The molecule has 0 atom stereocenters. The Morgan fingerprint density at radius 2 is 1.88 bits per heavy atom. The standard InChI is InChI=1S/C13H13NO3/c1-2-11(13(16)17)14-12(15)9-8-10-6-4-3-5-7-10/h2-9H,1H3,(H,14,15)(H,16,17)/b9-8+,11-2-. The van der Waals surface area contributed by atoms with E-state index in [1.807, 2.05) is 30.3 Å². The van der Waals surface area contributed by atoms with E-state index in [9.17, 15) is 9.59 Å². The zero-order valence-electron chi connectivity index (χ0n) is 9.38. The van der Waals surface area contributed by atoms with Gasteiger partial charge in [0.25, 0.3) is 0 Å². The van der Waals surface area contributed by atoms with Gasteiger partial charge in [-0.05, 0) is 18.6 Å². The van der Waals surface area contributed by atoms with Gasteiger partial charge in [0.2, 0.25) is 5.91 Å². The number of amides is 1. The summed E-state index contributed by atoms with van der Waals surface area (Å²) >= 11 is 0. The van der Waals surface area contributed by atoms with E-state index in [0.29, 0.717) is 0 Å². The van der Waals surface area contributed by atoms with Crippen molar-refractivity contribution in [3.8, 4) is 0 Å². The van der Waals surface area contributed by atoms with Crippen LogP contribution in [0.2, 0.25) is 0 Å². The highest BCUT2D eigenvalue weighted by molar-refractivity contribution is 5.98. The van der Waals surface area contributed by atoms with Gasteiger partial charge in [0.1, 0.15) is 5.70 Å². The van der Waals surface area contributed by atoms with E-state index in [-0.39, 0.29) is 5.70 Å². The number of allylic oxidation sites excluding steroid dienone is 1. The highest BCUT2D eigenvalue weighted by atomic mass is 16.4. The van der Waals surface area contributed by atoms with Crippen molar-refractivity contribution in [2.75, 3.05) is 0 Å². The summed E-state index contributed by atoms with van der Waals surface area (Å²) in [4.78, 5) is 22.0. The average molecular weight is 231 g/mol. The largest absolute Gasteiger partial charge is 0.477 e. The number of rotatable bonds is 4. The number of nitrogens with one attached hydrogen (secondary N) is 1. The molecule has 88 valence electrons. The van der Waals surface area contributed by atoms with Gasteiger partial charge >= 0.3 is 5.97 Å². The van der Waals surface area contributed by atoms with Gasteiger partial charge in [0.15, 0.2) is 0 Å². The summed E-state index contributed by atoms with van der Waals surface area (Å²) in [5.41, 5.74) is 0.743. The second-order valence-corrected chi connectivity index (χ2v) is 3.24. The van der Waals surface area contributed by atoms with E-state index < -0.39 is 11.9 Å². The van der Waals surface area contributed by atoms with E-state index in [1.165, 1.54) is 12.2 Å². The summed E-state index contributed by atoms with van der Waals surface area (Å²) in [5, 5.41) is 11.0. The van der Waals surface area contributed by atoms with Crippen molar-refractivity contribution in [1.29, 1.82) is 0 Å². The molecule has 0 aliphatic rings. The van der Waals surface area contributed by atoms with Gasteiger partial charge in [-0.3, -0.25) is 4.79 Å². The maximum absolute atomic E-state index is 11.4. The van der Waals surface area contributed by atoms with Crippen LogP contribution in [0.25, 0.3) is 6.08 Å². The van der Waals surface area contributed by atoms with Gasteiger partial charge in [-0.15, -0.1) is 0 Å². The Balaban J connectivity index is 2.62. The van der Waals surface area contributed by atoms with E-state index in [4.69, 9.17) is 5.11 Å². The van der Waals surface area contributed by atoms with Crippen LogP contribution in [-0.4, -0.2) is 17.0 Å². The molecule has 1 amide bonds. The molecule has 0 saturated heterocycles. The smallest absolute Gasteiger partial charge is 0.352 e. The average Bonchev–Trinajstić information content (AvgIpc) is 2.34. The molecule has 1 aromatic carbocycles. The molecular formula is C13H13NO3. The second-order valence-electron chi connectivity index (χ2n) is 3.24. The van der Waals surface area contributed by atoms with Gasteiger partial charge in [0, 0.05) is 6.08 Å². The van der Waals surface area contributed by atoms with Crippen molar-refractivity contribution in [1.82, 2.24) is 5.32 Å². The number of benzene rings is 1. The Kier molecular flexibility index (Phi) is 4.69. The summed E-state index contributed by atoms with van der Waals surface area (Å²) in [7, 11) is 0. The summed E-state index contributed by atoms with van der Waals surface area (Å²) in [5.74, 6) is -1.63. The molecule has 17 heavy (non-hydrogen) atoms. The zero-order chi connectivity index (χ0) is 12.7. The van der Waals surface area contributed by atoms with E-state index in [2.05, 4.69) is 5.32 Å². The van der Waals surface area contributed by atoms with Crippen LogP contribution in [0.4, 0.5) is 0 Å². The molecule has 0 unspecified atom stereocenters. The molecule has 0 heterocycles. The first kappa shape index (κ1) is 12.7. The molecule has 0 radical (unpaired) electrons. The Hall–Kier alpha value is -2.36. The van der Waals surface area contributed by atoms with Gasteiger partial charge in [0.05, 0.1) is 0 Å². The molecule has 0 fully saturated rings. The topological polar surface area (TPSA) is 66.4 Å². The highest BCUT2D eigenvalue weighted by Crippen LogP contribution is 2.00. The normalized spacial score (nSPS) is 11.5. The van der Waals surface area contributed by atoms with E-state index in [0.717, 1.165) is 5.56 Å². The fourth-order valence-corrected chi connectivity index (χ4v) is 1.16. The van der Waals surface area contributed by atoms with Crippen LogP contribution in [0.15, 0.2) is 48.2 Å². The lowest BCUT2D eigenvalue weighted by atomic mass is 10.2. The molecule has 0 spiro atoms. The second kappa shape index (κ2) is 6.27. The van der Waals surface area contributed by atoms with Crippen LogP contribution < -0.4 is 5.32 Å². The van der Waals surface area contributed by atoms with Gasteiger partial charge in [-0.2, -0.15) is 0 Å². The number of carbonyl (C=O) groups is 2. The minimum Gasteiger partial charge on any atom is -0.477 e. The van der Waals surface area contributed by atoms with E-state index >= 15 is 0 Å². The summed E-state index contributed by atoms with van der Waals surface area (Å²) in [6, 6.07) is 9.27. The number of aliphatic carboxylic acids is 1. The first-order valence-electron chi connectivity index (χ1n) is 5.07. The number of carbonyl (C=O) groups excluding carboxylic acids is 1. The Morgan fingerprint density at radius 3 is 2.41 bits per heavy atom. The molecule has 0 aliphatic carbocycles. The third kappa shape index (κ3) is 4.34.